The Bertz CT molecular complexity index is 370. The van der Waals surface area contributed by atoms with Crippen LogP contribution in [-0.4, -0.2) is 17.5 Å². The van der Waals surface area contributed by atoms with Gasteiger partial charge in [-0.3, -0.25) is 9.59 Å². The molecule has 3 N–H and O–H groups in total. The molecule has 6 heteroatoms. The zero-order chi connectivity index (χ0) is 10.6. The highest BCUT2D eigenvalue weighted by Gasteiger charge is 2.06. The van der Waals surface area contributed by atoms with Gasteiger partial charge in [-0.1, -0.05) is 6.07 Å². The summed E-state index contributed by atoms with van der Waals surface area (Å²) in [6.07, 6.45) is 0. The molecule has 0 saturated heterocycles. The number of hydrogen-bond donors (Lipinski definition) is 2. The summed E-state index contributed by atoms with van der Waals surface area (Å²) in [5.41, 5.74) is 7.41. The van der Waals surface area contributed by atoms with Gasteiger partial charge in [0.25, 0.3) is 0 Å². The summed E-state index contributed by atoms with van der Waals surface area (Å²) in [4.78, 5) is 22.0. The van der Waals surface area contributed by atoms with Gasteiger partial charge in [0.05, 0.1) is 5.71 Å². The van der Waals surface area contributed by atoms with Gasteiger partial charge in [-0.2, -0.15) is 5.10 Å². The van der Waals surface area contributed by atoms with Crippen molar-refractivity contribution >= 4 is 28.9 Å². The highest BCUT2D eigenvalue weighted by atomic mass is 32.1. The van der Waals surface area contributed by atoms with Crippen LogP contribution in [0.2, 0.25) is 0 Å². The average Bonchev–Trinajstić information content (AvgIpc) is 2.66. The molecule has 0 aliphatic carbocycles. The summed E-state index contributed by atoms with van der Waals surface area (Å²) >= 11 is 1.49. The van der Waals surface area contributed by atoms with Crippen LogP contribution in [-0.2, 0) is 9.59 Å². The maximum absolute atomic E-state index is 10.7. The number of amides is 2. The van der Waals surface area contributed by atoms with Gasteiger partial charge < -0.3 is 5.73 Å². The van der Waals surface area contributed by atoms with Crippen molar-refractivity contribution in [1.82, 2.24) is 5.43 Å². The molecule has 1 heterocycles. The van der Waals surface area contributed by atoms with E-state index in [0.29, 0.717) is 5.71 Å². The first kappa shape index (κ1) is 10.4. The number of carbonyl (C=O) groups is 2. The third-order valence-corrected chi connectivity index (χ3v) is 2.41. The van der Waals surface area contributed by atoms with Crippen LogP contribution in [0.25, 0.3) is 0 Å². The molecule has 0 unspecified atom stereocenters. The Morgan fingerprint density at radius 1 is 1.57 bits per heavy atom. The zero-order valence-corrected chi connectivity index (χ0v) is 8.30. The van der Waals surface area contributed by atoms with E-state index in [2.05, 4.69) is 10.5 Å². The molecule has 0 aliphatic rings. The molecule has 2 amide bonds. The topological polar surface area (TPSA) is 84.6 Å². The molecule has 0 bridgehead atoms. The van der Waals surface area contributed by atoms with Gasteiger partial charge in [0.1, 0.15) is 0 Å². The highest BCUT2D eigenvalue weighted by molar-refractivity contribution is 7.12. The molecule has 14 heavy (non-hydrogen) atoms. The monoisotopic (exact) mass is 211 g/mol. The van der Waals surface area contributed by atoms with Gasteiger partial charge in [-0.25, -0.2) is 5.43 Å². The summed E-state index contributed by atoms with van der Waals surface area (Å²) in [7, 11) is 0. The van der Waals surface area contributed by atoms with Crippen molar-refractivity contribution in [3.05, 3.63) is 22.4 Å². The van der Waals surface area contributed by atoms with Gasteiger partial charge in [0, 0.05) is 4.88 Å². The van der Waals surface area contributed by atoms with E-state index >= 15 is 0 Å². The van der Waals surface area contributed by atoms with Gasteiger partial charge in [0.15, 0.2) is 0 Å². The van der Waals surface area contributed by atoms with Crippen molar-refractivity contribution in [2.75, 3.05) is 0 Å². The summed E-state index contributed by atoms with van der Waals surface area (Å²) in [6, 6.07) is 3.73. The van der Waals surface area contributed by atoms with Crippen LogP contribution in [0.1, 0.15) is 11.8 Å². The van der Waals surface area contributed by atoms with E-state index in [9.17, 15) is 9.59 Å². The van der Waals surface area contributed by atoms with Crippen LogP contribution in [0.3, 0.4) is 0 Å². The van der Waals surface area contributed by atoms with Crippen LogP contribution >= 0.6 is 11.3 Å². The number of carbonyl (C=O) groups excluding carboxylic acids is 2. The molecule has 0 aromatic carbocycles. The molecule has 1 aromatic rings. The third kappa shape index (κ3) is 2.67. The first-order valence-corrected chi connectivity index (χ1v) is 4.67. The van der Waals surface area contributed by atoms with Crippen LogP contribution < -0.4 is 11.2 Å². The molecule has 74 valence electrons. The SMILES string of the molecule is C/C(=N/NC(=O)C(N)=O)c1cccs1. The summed E-state index contributed by atoms with van der Waals surface area (Å²) < 4.78 is 0. The number of nitrogens with two attached hydrogens (primary N) is 1. The molecular formula is C8H9N3O2S. The average molecular weight is 211 g/mol. The Hall–Kier alpha value is -1.69. The Morgan fingerprint density at radius 3 is 2.79 bits per heavy atom. The largest absolute Gasteiger partial charge is 0.361 e. The lowest BCUT2D eigenvalue weighted by atomic mass is 10.3. The van der Waals surface area contributed by atoms with Crippen LogP contribution in [0.5, 0.6) is 0 Å². The van der Waals surface area contributed by atoms with Crippen LogP contribution in [0.4, 0.5) is 0 Å². The number of nitrogens with zero attached hydrogens (tertiary/aromatic N) is 1. The third-order valence-electron chi connectivity index (χ3n) is 1.43. The second-order valence-corrected chi connectivity index (χ2v) is 3.43. The number of primary amides is 1. The first-order chi connectivity index (χ1) is 6.61. The highest BCUT2D eigenvalue weighted by Crippen LogP contribution is 2.08. The van der Waals surface area contributed by atoms with E-state index in [1.165, 1.54) is 11.3 Å². The standard InChI is InChI=1S/C8H9N3O2S/c1-5(6-3-2-4-14-6)10-11-8(13)7(9)12/h2-4H,1H3,(H2,9,12)(H,11,13)/b10-5-. The van der Waals surface area contributed by atoms with Crippen molar-refractivity contribution in [1.29, 1.82) is 0 Å². The molecule has 0 atom stereocenters. The lowest BCUT2D eigenvalue weighted by Crippen LogP contribution is -2.33. The van der Waals surface area contributed by atoms with Crippen molar-refractivity contribution in [2.45, 2.75) is 6.92 Å². The number of thiophene rings is 1. The molecule has 1 rings (SSSR count). The van der Waals surface area contributed by atoms with Crippen LogP contribution in [0.15, 0.2) is 22.6 Å². The van der Waals surface area contributed by atoms with Gasteiger partial charge >= 0.3 is 11.8 Å². The lowest BCUT2D eigenvalue weighted by Gasteiger charge is -1.96. The molecule has 0 saturated carbocycles. The fourth-order valence-corrected chi connectivity index (χ4v) is 1.41. The van der Waals surface area contributed by atoms with Crippen LogP contribution in [0, 0.1) is 0 Å². The molecular weight excluding hydrogens is 202 g/mol. The predicted octanol–water partition coefficient (Wildman–Crippen LogP) is 0.0736. The summed E-state index contributed by atoms with van der Waals surface area (Å²) in [5, 5.41) is 5.61. The van der Waals surface area contributed by atoms with E-state index in [1.54, 1.807) is 6.92 Å². The zero-order valence-electron chi connectivity index (χ0n) is 7.48. The Morgan fingerprint density at radius 2 is 2.29 bits per heavy atom. The minimum atomic E-state index is -1.05. The fraction of sp³-hybridized carbons (Fsp3) is 0.125. The number of nitrogens with one attached hydrogen (secondary N) is 1. The predicted molar refractivity (Wildman–Crippen MR) is 53.9 cm³/mol. The number of hydrogen-bond acceptors (Lipinski definition) is 4. The number of rotatable bonds is 2. The maximum atomic E-state index is 10.7. The Labute approximate surface area is 84.6 Å². The molecule has 0 fully saturated rings. The Kier molecular flexibility index (Phi) is 3.35. The first-order valence-electron chi connectivity index (χ1n) is 3.79. The second-order valence-electron chi connectivity index (χ2n) is 2.48. The van der Waals surface area contributed by atoms with E-state index in [1.807, 2.05) is 17.5 Å². The van der Waals surface area contributed by atoms with E-state index in [4.69, 9.17) is 5.73 Å². The minimum Gasteiger partial charge on any atom is -0.361 e. The molecule has 0 radical (unpaired) electrons. The molecule has 5 nitrogen and oxygen atoms in total. The van der Waals surface area contributed by atoms with E-state index in [0.717, 1.165) is 4.88 Å². The van der Waals surface area contributed by atoms with Crippen molar-refractivity contribution in [3.8, 4) is 0 Å². The summed E-state index contributed by atoms with van der Waals surface area (Å²) in [6.45, 7) is 1.73. The molecule has 0 aliphatic heterocycles. The smallest absolute Gasteiger partial charge is 0.329 e. The Balaban J connectivity index is 2.62. The molecule has 0 spiro atoms. The normalized spacial score (nSPS) is 11.1. The second kappa shape index (κ2) is 4.52. The lowest BCUT2D eigenvalue weighted by molar-refractivity contribution is -0.137. The van der Waals surface area contributed by atoms with Crippen molar-refractivity contribution < 1.29 is 9.59 Å². The quantitative estimate of drug-likeness (QED) is 0.412. The van der Waals surface area contributed by atoms with E-state index < -0.39 is 11.8 Å². The van der Waals surface area contributed by atoms with Crippen molar-refractivity contribution in [2.24, 2.45) is 10.8 Å². The van der Waals surface area contributed by atoms with Gasteiger partial charge in [-0.15, -0.1) is 11.3 Å². The van der Waals surface area contributed by atoms with Gasteiger partial charge in [-0.05, 0) is 18.4 Å². The fourth-order valence-electron chi connectivity index (χ4n) is 0.729. The van der Waals surface area contributed by atoms with Gasteiger partial charge in [0.2, 0.25) is 0 Å². The number of hydrazone groups is 1. The summed E-state index contributed by atoms with van der Waals surface area (Å²) in [5.74, 6) is -1.96. The minimum absolute atomic E-state index is 0.634. The van der Waals surface area contributed by atoms with E-state index in [-0.39, 0.29) is 0 Å². The van der Waals surface area contributed by atoms with Crippen molar-refractivity contribution in [3.63, 3.8) is 0 Å². The molecule has 1 aromatic heterocycles. The maximum Gasteiger partial charge on any atom is 0.329 e.